The monoisotopic (exact) mass is 282 g/mol. The Bertz CT molecular complexity index is 336. The van der Waals surface area contributed by atoms with Crippen molar-refractivity contribution >= 4 is 23.5 Å². The molecule has 2 atom stereocenters. The summed E-state index contributed by atoms with van der Waals surface area (Å²) in [6.07, 6.45) is 3.00. The van der Waals surface area contributed by atoms with Gasteiger partial charge < -0.3 is 5.11 Å². The molecule has 0 unspecified atom stereocenters. The molecule has 2 rings (SSSR count). The quantitative estimate of drug-likeness (QED) is 0.887. The molecular weight excluding hydrogens is 260 g/mol. The average Bonchev–Trinajstić information content (AvgIpc) is 2.46. The third-order valence-corrected chi connectivity index (χ3v) is 6.84. The van der Waals surface area contributed by atoms with Crippen molar-refractivity contribution in [2.75, 3.05) is 11.5 Å². The smallest absolute Gasteiger partial charge is 0.0587 e. The van der Waals surface area contributed by atoms with Gasteiger partial charge in [-0.2, -0.15) is 0 Å². The first-order chi connectivity index (χ1) is 8.77. The molecule has 0 amide bonds. The minimum Gasteiger partial charge on any atom is -0.393 e. The van der Waals surface area contributed by atoms with E-state index in [2.05, 4.69) is 31.2 Å². The van der Waals surface area contributed by atoms with Crippen LogP contribution >= 0.6 is 23.5 Å². The summed E-state index contributed by atoms with van der Waals surface area (Å²) in [5, 5.41) is 10.3. The minimum atomic E-state index is -0.173. The summed E-state index contributed by atoms with van der Waals surface area (Å²) < 4.78 is 0.588. The molecule has 0 spiro atoms. The first kappa shape index (κ1) is 14.3. The summed E-state index contributed by atoms with van der Waals surface area (Å²) in [5.74, 6) is 2.91. The number of aliphatic hydroxyl groups is 1. The normalized spacial score (nSPS) is 20.6. The van der Waals surface area contributed by atoms with Crippen molar-refractivity contribution in [3.05, 3.63) is 35.9 Å². The Labute approximate surface area is 119 Å². The molecule has 1 aromatic rings. The lowest BCUT2D eigenvalue weighted by Gasteiger charge is -2.30. The number of thioether (sulfide) groups is 2. The van der Waals surface area contributed by atoms with Gasteiger partial charge in [0.15, 0.2) is 0 Å². The van der Waals surface area contributed by atoms with Gasteiger partial charge in [0.25, 0.3) is 0 Å². The largest absolute Gasteiger partial charge is 0.393 e. The van der Waals surface area contributed by atoms with E-state index in [1.54, 1.807) is 0 Å². The summed E-state index contributed by atoms with van der Waals surface area (Å²) in [4.78, 5) is 0. The van der Waals surface area contributed by atoms with Gasteiger partial charge in [-0.05, 0) is 36.3 Å². The van der Waals surface area contributed by atoms with E-state index in [9.17, 15) is 5.11 Å². The van der Waals surface area contributed by atoms with Crippen molar-refractivity contribution < 1.29 is 5.11 Å². The fourth-order valence-electron chi connectivity index (χ4n) is 2.21. The number of benzene rings is 1. The Morgan fingerprint density at radius 3 is 2.56 bits per heavy atom. The molecule has 18 heavy (non-hydrogen) atoms. The maximum atomic E-state index is 10.3. The summed E-state index contributed by atoms with van der Waals surface area (Å²) in [6.45, 7) is 2.20. The molecule has 0 saturated carbocycles. The van der Waals surface area contributed by atoms with Crippen molar-refractivity contribution in [2.24, 2.45) is 5.92 Å². The van der Waals surface area contributed by atoms with Gasteiger partial charge in [0.2, 0.25) is 0 Å². The number of aryl methyl sites for hydroxylation is 1. The molecule has 1 nitrogen and oxygen atoms in total. The van der Waals surface area contributed by atoms with Gasteiger partial charge in [0.05, 0.1) is 10.7 Å². The van der Waals surface area contributed by atoms with Crippen molar-refractivity contribution in [1.29, 1.82) is 0 Å². The summed E-state index contributed by atoms with van der Waals surface area (Å²) in [5.41, 5.74) is 1.33. The second kappa shape index (κ2) is 7.46. The molecule has 1 aliphatic heterocycles. The standard InChI is InChI=1S/C15H22OS2/c1-12(15-17-10-5-11-18-15)14(16)9-8-13-6-3-2-4-7-13/h2-4,6-7,12,14-16H,5,8-11H2,1H3/t12-,14+/m0/s1. The number of hydrogen-bond donors (Lipinski definition) is 1. The molecule has 1 saturated heterocycles. The van der Waals surface area contributed by atoms with Crippen LogP contribution in [0.1, 0.15) is 25.3 Å². The number of aliphatic hydroxyl groups excluding tert-OH is 1. The predicted molar refractivity (Wildman–Crippen MR) is 83.3 cm³/mol. The van der Waals surface area contributed by atoms with Crippen LogP contribution in [0.3, 0.4) is 0 Å². The highest BCUT2D eigenvalue weighted by Crippen LogP contribution is 2.37. The van der Waals surface area contributed by atoms with E-state index in [4.69, 9.17) is 0 Å². The first-order valence-corrected chi connectivity index (χ1v) is 8.82. The first-order valence-electron chi connectivity index (χ1n) is 6.72. The third kappa shape index (κ3) is 4.22. The van der Waals surface area contributed by atoms with E-state index in [0.717, 1.165) is 12.8 Å². The van der Waals surface area contributed by atoms with Gasteiger partial charge >= 0.3 is 0 Å². The second-order valence-corrected chi connectivity index (χ2v) is 7.71. The van der Waals surface area contributed by atoms with E-state index in [1.165, 1.54) is 23.5 Å². The molecule has 0 radical (unpaired) electrons. The summed E-state index contributed by atoms with van der Waals surface area (Å²) in [7, 11) is 0. The van der Waals surface area contributed by atoms with Crippen molar-refractivity contribution in [3.63, 3.8) is 0 Å². The van der Waals surface area contributed by atoms with Crippen LogP contribution < -0.4 is 0 Å². The summed E-state index contributed by atoms with van der Waals surface area (Å²) >= 11 is 4.05. The highest BCUT2D eigenvalue weighted by molar-refractivity contribution is 8.17. The highest BCUT2D eigenvalue weighted by Gasteiger charge is 2.26. The van der Waals surface area contributed by atoms with E-state index in [-0.39, 0.29) is 6.10 Å². The molecule has 1 fully saturated rings. The molecule has 100 valence electrons. The minimum absolute atomic E-state index is 0.173. The molecule has 3 heteroatoms. The molecule has 1 heterocycles. The van der Waals surface area contributed by atoms with Crippen molar-refractivity contribution in [2.45, 2.75) is 36.9 Å². The molecule has 0 aliphatic carbocycles. The molecule has 1 aliphatic rings. The average molecular weight is 282 g/mol. The zero-order valence-corrected chi connectivity index (χ0v) is 12.6. The Balaban J connectivity index is 1.78. The fraction of sp³-hybridized carbons (Fsp3) is 0.600. The van der Waals surface area contributed by atoms with Crippen LogP contribution in [0.2, 0.25) is 0 Å². The molecular formula is C15H22OS2. The van der Waals surface area contributed by atoms with E-state index >= 15 is 0 Å². The lowest BCUT2D eigenvalue weighted by molar-refractivity contribution is 0.115. The molecule has 1 aromatic carbocycles. The maximum Gasteiger partial charge on any atom is 0.0587 e. The predicted octanol–water partition coefficient (Wildman–Crippen LogP) is 3.81. The van der Waals surface area contributed by atoms with Crippen LogP contribution in [0.4, 0.5) is 0 Å². The summed E-state index contributed by atoms with van der Waals surface area (Å²) in [6, 6.07) is 10.5. The number of rotatable bonds is 5. The fourth-order valence-corrected chi connectivity index (χ4v) is 5.41. The zero-order valence-electron chi connectivity index (χ0n) is 10.9. The van der Waals surface area contributed by atoms with Gasteiger partial charge in [-0.1, -0.05) is 37.3 Å². The zero-order chi connectivity index (χ0) is 12.8. The van der Waals surface area contributed by atoms with Crippen molar-refractivity contribution in [1.82, 2.24) is 0 Å². The Morgan fingerprint density at radius 1 is 1.22 bits per heavy atom. The van der Waals surface area contributed by atoms with Gasteiger partial charge in [0, 0.05) is 5.92 Å². The van der Waals surface area contributed by atoms with Crippen LogP contribution in [-0.4, -0.2) is 27.3 Å². The SMILES string of the molecule is C[C@H](C1SCCCS1)[C@H](O)CCc1ccccc1. The van der Waals surface area contributed by atoms with Gasteiger partial charge in [-0.3, -0.25) is 0 Å². The van der Waals surface area contributed by atoms with E-state index in [1.807, 2.05) is 29.6 Å². The van der Waals surface area contributed by atoms with Gasteiger partial charge in [0.1, 0.15) is 0 Å². The molecule has 1 N–H and O–H groups in total. The van der Waals surface area contributed by atoms with E-state index in [0.29, 0.717) is 10.5 Å². The lowest BCUT2D eigenvalue weighted by atomic mass is 9.99. The third-order valence-electron chi connectivity index (χ3n) is 3.46. The van der Waals surface area contributed by atoms with Crippen LogP contribution in [0, 0.1) is 5.92 Å². The topological polar surface area (TPSA) is 20.2 Å². The van der Waals surface area contributed by atoms with Crippen LogP contribution in [-0.2, 0) is 6.42 Å². The molecule has 0 bridgehead atoms. The Morgan fingerprint density at radius 2 is 1.89 bits per heavy atom. The van der Waals surface area contributed by atoms with Gasteiger partial charge in [-0.25, -0.2) is 0 Å². The van der Waals surface area contributed by atoms with Crippen LogP contribution in [0.15, 0.2) is 30.3 Å². The van der Waals surface area contributed by atoms with Crippen molar-refractivity contribution in [3.8, 4) is 0 Å². The number of hydrogen-bond acceptors (Lipinski definition) is 3. The lowest BCUT2D eigenvalue weighted by Crippen LogP contribution is -2.28. The van der Waals surface area contributed by atoms with Gasteiger partial charge in [-0.15, -0.1) is 23.5 Å². The highest BCUT2D eigenvalue weighted by atomic mass is 32.2. The van der Waals surface area contributed by atoms with Crippen LogP contribution in [0.5, 0.6) is 0 Å². The molecule has 0 aromatic heterocycles. The second-order valence-electron chi connectivity index (χ2n) is 4.91. The Hall–Kier alpha value is -0.120. The van der Waals surface area contributed by atoms with Crippen LogP contribution in [0.25, 0.3) is 0 Å². The Kier molecular flexibility index (Phi) is 5.93. The van der Waals surface area contributed by atoms with E-state index < -0.39 is 0 Å². The maximum absolute atomic E-state index is 10.3.